The lowest BCUT2D eigenvalue weighted by atomic mass is 9.96. The summed E-state index contributed by atoms with van der Waals surface area (Å²) < 4.78 is 0. The van der Waals surface area contributed by atoms with Crippen LogP contribution >= 0.6 is 23.5 Å². The number of hydrogen-bond donors (Lipinski definition) is 0. The summed E-state index contributed by atoms with van der Waals surface area (Å²) in [7, 11) is 0. The lowest BCUT2D eigenvalue weighted by molar-refractivity contribution is 0.600. The fourth-order valence-electron chi connectivity index (χ4n) is 4.33. The van der Waals surface area contributed by atoms with Crippen molar-refractivity contribution in [1.29, 1.82) is 0 Å². The van der Waals surface area contributed by atoms with Gasteiger partial charge in [-0.2, -0.15) is 0 Å². The molecule has 0 N–H and O–H groups in total. The van der Waals surface area contributed by atoms with Gasteiger partial charge in [-0.15, -0.1) is 23.5 Å². The van der Waals surface area contributed by atoms with E-state index in [4.69, 9.17) is 0 Å². The molecule has 0 spiro atoms. The molecule has 2 aromatic carbocycles. The molecule has 4 rings (SSSR count). The second kappa shape index (κ2) is 13.0. The van der Waals surface area contributed by atoms with Crippen molar-refractivity contribution in [2.24, 2.45) is 0 Å². The van der Waals surface area contributed by atoms with Gasteiger partial charge in [0.2, 0.25) is 0 Å². The molecular weight excluding hydrogens is 424 g/mol. The zero-order valence-corrected chi connectivity index (χ0v) is 20.6. The van der Waals surface area contributed by atoms with Crippen molar-refractivity contribution >= 4 is 35.7 Å². The van der Waals surface area contributed by atoms with Gasteiger partial charge in [-0.3, -0.25) is 0 Å². The van der Waals surface area contributed by atoms with Crippen LogP contribution in [-0.2, 0) is 0 Å². The van der Waals surface area contributed by atoms with Crippen LogP contribution in [0.15, 0.2) is 81.3 Å². The molecule has 2 heteroatoms. The first-order valence-corrected chi connectivity index (χ1v) is 14.0. The van der Waals surface area contributed by atoms with Gasteiger partial charge in [0.15, 0.2) is 0 Å². The molecular formula is C30H34S2. The Kier molecular flexibility index (Phi) is 9.43. The predicted octanol–water partition coefficient (Wildman–Crippen LogP) is 10.5. The third-order valence-electron chi connectivity index (χ3n) is 6.29. The molecule has 2 saturated carbocycles. The van der Waals surface area contributed by atoms with E-state index >= 15 is 0 Å². The number of benzene rings is 2. The standard InChI is InChI=1S/C30H34S2/c1-3-7-27(8-4-1)23-31-21-19-25-11-15-29(16-12-25)30-17-13-26(14-18-30)20-22-32-24-28-9-5-2-6-10-28/h11-24H,1-10H2/b21-19+,22-20+. The second-order valence-corrected chi connectivity index (χ2v) is 10.4. The van der Waals surface area contributed by atoms with E-state index < -0.39 is 0 Å². The maximum atomic E-state index is 2.35. The second-order valence-electron chi connectivity index (χ2n) is 8.80. The van der Waals surface area contributed by atoms with Crippen LogP contribution in [0, 0.1) is 0 Å². The van der Waals surface area contributed by atoms with Crippen molar-refractivity contribution in [2.45, 2.75) is 64.2 Å². The molecule has 2 aromatic rings. The Bertz CT molecular complexity index is 861. The van der Waals surface area contributed by atoms with Gasteiger partial charge >= 0.3 is 0 Å². The smallest absolute Gasteiger partial charge is 0.0184 e. The summed E-state index contributed by atoms with van der Waals surface area (Å²) >= 11 is 3.64. The Morgan fingerprint density at radius 1 is 0.469 bits per heavy atom. The minimum Gasteiger partial charge on any atom is -0.106 e. The summed E-state index contributed by atoms with van der Waals surface area (Å²) in [6.07, 6.45) is 17.9. The van der Waals surface area contributed by atoms with Crippen LogP contribution in [0.4, 0.5) is 0 Å². The van der Waals surface area contributed by atoms with Gasteiger partial charge in [0, 0.05) is 0 Å². The first-order chi connectivity index (χ1) is 15.9. The minimum absolute atomic E-state index is 1.26. The molecule has 0 radical (unpaired) electrons. The van der Waals surface area contributed by atoms with Crippen molar-refractivity contribution in [3.8, 4) is 11.1 Å². The molecule has 0 nitrogen and oxygen atoms in total. The Morgan fingerprint density at radius 3 is 1.22 bits per heavy atom. The fourth-order valence-corrected chi connectivity index (χ4v) is 5.81. The maximum Gasteiger partial charge on any atom is -0.0184 e. The summed E-state index contributed by atoms with van der Waals surface area (Å²) in [5.74, 6) is 0. The molecule has 0 saturated heterocycles. The summed E-state index contributed by atoms with van der Waals surface area (Å²) in [5, 5.41) is 9.12. The van der Waals surface area contributed by atoms with Crippen LogP contribution in [0.5, 0.6) is 0 Å². The van der Waals surface area contributed by atoms with Crippen molar-refractivity contribution < 1.29 is 0 Å². The number of thioether (sulfide) groups is 2. The van der Waals surface area contributed by atoms with Gasteiger partial charge < -0.3 is 0 Å². The SMILES string of the molecule is C(S/C=C/c1ccc(-c2ccc(/C=C/SC=C3CCCCC3)cc2)cc1)=C1CCCCC1. The topological polar surface area (TPSA) is 0 Å². The lowest BCUT2D eigenvalue weighted by Gasteiger charge is -2.12. The van der Waals surface area contributed by atoms with Crippen LogP contribution in [-0.4, -0.2) is 0 Å². The summed E-state index contributed by atoms with van der Waals surface area (Å²) in [6.45, 7) is 0. The molecule has 0 bridgehead atoms. The highest BCUT2D eigenvalue weighted by molar-refractivity contribution is 8.05. The monoisotopic (exact) mass is 458 g/mol. The number of allylic oxidation sites excluding steroid dienone is 2. The highest BCUT2D eigenvalue weighted by Gasteiger charge is 2.04. The van der Waals surface area contributed by atoms with E-state index in [0.29, 0.717) is 0 Å². The van der Waals surface area contributed by atoms with E-state index in [1.807, 2.05) is 23.5 Å². The van der Waals surface area contributed by atoms with Crippen molar-refractivity contribution in [3.63, 3.8) is 0 Å². The first-order valence-electron chi connectivity index (χ1n) is 12.1. The largest absolute Gasteiger partial charge is 0.106 e. The van der Waals surface area contributed by atoms with Gasteiger partial charge in [0.25, 0.3) is 0 Å². The zero-order valence-electron chi connectivity index (χ0n) is 19.0. The Hall–Kier alpha value is -1.90. The average molecular weight is 459 g/mol. The van der Waals surface area contributed by atoms with Gasteiger partial charge in [-0.25, -0.2) is 0 Å². The Balaban J connectivity index is 1.27. The number of rotatable bonds is 7. The molecule has 32 heavy (non-hydrogen) atoms. The molecule has 0 aromatic heterocycles. The fraction of sp³-hybridized carbons (Fsp3) is 0.333. The van der Waals surface area contributed by atoms with E-state index in [1.54, 1.807) is 11.1 Å². The Labute approximate surface area is 203 Å². The highest BCUT2D eigenvalue weighted by atomic mass is 32.2. The minimum atomic E-state index is 1.26. The predicted molar refractivity (Wildman–Crippen MR) is 147 cm³/mol. The van der Waals surface area contributed by atoms with E-state index in [1.165, 1.54) is 86.5 Å². The quantitative estimate of drug-likeness (QED) is 0.404. The molecule has 0 atom stereocenters. The summed E-state index contributed by atoms with van der Waals surface area (Å²) in [6, 6.07) is 17.7. The maximum absolute atomic E-state index is 2.35. The normalized spacial score (nSPS) is 17.2. The van der Waals surface area contributed by atoms with Crippen LogP contribution in [0.1, 0.15) is 75.3 Å². The van der Waals surface area contributed by atoms with Crippen LogP contribution in [0.25, 0.3) is 23.3 Å². The third-order valence-corrected chi connectivity index (χ3v) is 7.82. The van der Waals surface area contributed by atoms with Gasteiger partial charge in [-0.05, 0) is 107 Å². The van der Waals surface area contributed by atoms with Gasteiger partial charge in [-0.1, -0.05) is 72.5 Å². The van der Waals surface area contributed by atoms with E-state index in [0.717, 1.165) is 0 Å². The molecule has 2 aliphatic rings. The molecule has 0 aliphatic heterocycles. The zero-order chi connectivity index (χ0) is 21.8. The third kappa shape index (κ3) is 7.60. The van der Waals surface area contributed by atoms with E-state index in [-0.39, 0.29) is 0 Å². The molecule has 0 unspecified atom stereocenters. The highest BCUT2D eigenvalue weighted by Crippen LogP contribution is 2.27. The average Bonchev–Trinajstić information content (AvgIpc) is 2.87. The molecule has 2 fully saturated rings. The molecule has 166 valence electrons. The van der Waals surface area contributed by atoms with Crippen LogP contribution < -0.4 is 0 Å². The summed E-state index contributed by atoms with van der Waals surface area (Å²) in [5.41, 5.74) is 8.30. The van der Waals surface area contributed by atoms with E-state index in [9.17, 15) is 0 Å². The van der Waals surface area contributed by atoms with Crippen molar-refractivity contribution in [1.82, 2.24) is 0 Å². The number of hydrogen-bond acceptors (Lipinski definition) is 2. The molecule has 0 heterocycles. The van der Waals surface area contributed by atoms with Gasteiger partial charge in [0.05, 0.1) is 0 Å². The van der Waals surface area contributed by atoms with Crippen LogP contribution in [0.3, 0.4) is 0 Å². The lowest BCUT2D eigenvalue weighted by Crippen LogP contribution is -1.91. The molecule has 2 aliphatic carbocycles. The van der Waals surface area contributed by atoms with Crippen molar-refractivity contribution in [2.75, 3.05) is 0 Å². The van der Waals surface area contributed by atoms with E-state index in [2.05, 4.69) is 82.3 Å². The van der Waals surface area contributed by atoms with Crippen molar-refractivity contribution in [3.05, 3.63) is 92.4 Å². The van der Waals surface area contributed by atoms with Crippen LogP contribution in [0.2, 0.25) is 0 Å². The molecule has 0 amide bonds. The summed E-state index contributed by atoms with van der Waals surface area (Å²) in [4.78, 5) is 0. The first kappa shape index (κ1) is 23.3. The van der Waals surface area contributed by atoms with Gasteiger partial charge in [0.1, 0.15) is 0 Å². The Morgan fingerprint density at radius 2 is 0.844 bits per heavy atom.